The summed E-state index contributed by atoms with van der Waals surface area (Å²) in [5.74, 6) is 2.38. The number of hydrogen-bond acceptors (Lipinski definition) is 3. The van der Waals surface area contributed by atoms with E-state index in [0.29, 0.717) is 11.8 Å². The highest BCUT2D eigenvalue weighted by Crippen LogP contribution is 2.11. The molecule has 20 heavy (non-hydrogen) atoms. The van der Waals surface area contributed by atoms with Crippen molar-refractivity contribution >= 4 is 5.82 Å². The maximum atomic E-state index is 4.71. The average Bonchev–Trinajstić information content (AvgIpc) is 2.35. The molecule has 3 nitrogen and oxygen atoms in total. The van der Waals surface area contributed by atoms with Crippen molar-refractivity contribution in [2.75, 3.05) is 25.0 Å². The van der Waals surface area contributed by atoms with Crippen LogP contribution in [-0.2, 0) is 6.54 Å². The topological polar surface area (TPSA) is 28.2 Å². The number of hydrogen-bond donors (Lipinski definition) is 1. The molecule has 0 atom stereocenters. The van der Waals surface area contributed by atoms with Crippen molar-refractivity contribution in [3.05, 3.63) is 23.9 Å². The molecule has 0 aliphatic heterocycles. The van der Waals surface area contributed by atoms with Gasteiger partial charge >= 0.3 is 0 Å². The van der Waals surface area contributed by atoms with Crippen LogP contribution in [0.2, 0.25) is 0 Å². The molecule has 0 radical (unpaired) electrons. The van der Waals surface area contributed by atoms with Crippen molar-refractivity contribution in [1.29, 1.82) is 0 Å². The average molecular weight is 277 g/mol. The first kappa shape index (κ1) is 17.0. The number of anilines is 1. The van der Waals surface area contributed by atoms with Crippen LogP contribution in [0, 0.1) is 11.8 Å². The van der Waals surface area contributed by atoms with Gasteiger partial charge in [-0.15, -0.1) is 0 Å². The van der Waals surface area contributed by atoms with E-state index in [1.165, 1.54) is 0 Å². The monoisotopic (exact) mass is 277 g/mol. The summed E-state index contributed by atoms with van der Waals surface area (Å²) < 4.78 is 0. The van der Waals surface area contributed by atoms with Gasteiger partial charge in [-0.1, -0.05) is 40.7 Å². The smallest absolute Gasteiger partial charge is 0.126 e. The predicted octanol–water partition coefficient (Wildman–Crippen LogP) is 4.02. The fraction of sp³-hybridized carbons (Fsp3) is 0.706. The number of pyridine rings is 1. The van der Waals surface area contributed by atoms with Crippen LogP contribution in [0.15, 0.2) is 18.2 Å². The maximum Gasteiger partial charge on any atom is 0.126 e. The highest BCUT2D eigenvalue weighted by atomic mass is 15.1. The first-order valence-corrected chi connectivity index (χ1v) is 7.93. The molecular formula is C17H31N3. The molecule has 0 aromatic carbocycles. The largest absolute Gasteiger partial charge is 0.370 e. The summed E-state index contributed by atoms with van der Waals surface area (Å²) in [4.78, 5) is 7.23. The molecule has 1 aromatic rings. The minimum Gasteiger partial charge on any atom is -0.370 e. The fourth-order valence-electron chi connectivity index (χ4n) is 2.38. The van der Waals surface area contributed by atoms with E-state index in [-0.39, 0.29) is 0 Å². The summed E-state index contributed by atoms with van der Waals surface area (Å²) in [6.45, 7) is 15.5. The van der Waals surface area contributed by atoms with Crippen LogP contribution in [0.25, 0.3) is 0 Å². The SMILES string of the molecule is CCCNc1cccc(CN(CC(C)C)CC(C)C)n1. The van der Waals surface area contributed by atoms with E-state index in [1.54, 1.807) is 0 Å². The quantitative estimate of drug-likeness (QED) is 0.739. The minimum absolute atomic E-state index is 0.690. The highest BCUT2D eigenvalue weighted by molar-refractivity contribution is 5.35. The van der Waals surface area contributed by atoms with Crippen LogP contribution in [0.3, 0.4) is 0 Å². The number of aromatic nitrogens is 1. The van der Waals surface area contributed by atoms with E-state index in [9.17, 15) is 0 Å². The lowest BCUT2D eigenvalue weighted by molar-refractivity contribution is 0.209. The molecule has 0 unspecified atom stereocenters. The Bertz CT molecular complexity index is 364. The van der Waals surface area contributed by atoms with Gasteiger partial charge in [0.2, 0.25) is 0 Å². The van der Waals surface area contributed by atoms with Crippen molar-refractivity contribution in [2.45, 2.75) is 47.6 Å². The number of nitrogens with one attached hydrogen (secondary N) is 1. The summed E-state index contributed by atoms with van der Waals surface area (Å²) in [5, 5.41) is 3.36. The second-order valence-electron chi connectivity index (χ2n) is 6.42. The lowest BCUT2D eigenvalue weighted by Gasteiger charge is -2.25. The van der Waals surface area contributed by atoms with Gasteiger partial charge in [-0.25, -0.2) is 4.98 Å². The molecule has 0 spiro atoms. The van der Waals surface area contributed by atoms with E-state index < -0.39 is 0 Å². The highest BCUT2D eigenvalue weighted by Gasteiger charge is 2.11. The molecule has 0 saturated carbocycles. The molecule has 1 rings (SSSR count). The van der Waals surface area contributed by atoms with Gasteiger partial charge in [0.15, 0.2) is 0 Å². The van der Waals surface area contributed by atoms with Crippen LogP contribution in [0.4, 0.5) is 5.82 Å². The lowest BCUT2D eigenvalue weighted by atomic mass is 10.1. The predicted molar refractivity (Wildman–Crippen MR) is 88.0 cm³/mol. The van der Waals surface area contributed by atoms with Gasteiger partial charge in [-0.2, -0.15) is 0 Å². The Kier molecular flexibility index (Phi) is 7.60. The molecule has 0 amide bonds. The van der Waals surface area contributed by atoms with E-state index in [0.717, 1.165) is 44.1 Å². The number of nitrogens with zero attached hydrogens (tertiary/aromatic N) is 2. The third-order valence-electron chi connectivity index (χ3n) is 3.00. The van der Waals surface area contributed by atoms with Gasteiger partial charge < -0.3 is 5.32 Å². The maximum absolute atomic E-state index is 4.71. The molecule has 0 aliphatic rings. The summed E-state index contributed by atoms with van der Waals surface area (Å²) in [6, 6.07) is 6.28. The lowest BCUT2D eigenvalue weighted by Crippen LogP contribution is -2.31. The zero-order chi connectivity index (χ0) is 15.0. The first-order chi connectivity index (χ1) is 9.51. The van der Waals surface area contributed by atoms with Gasteiger partial charge in [0.25, 0.3) is 0 Å². The van der Waals surface area contributed by atoms with Gasteiger partial charge in [0.05, 0.1) is 5.69 Å². The molecule has 1 N–H and O–H groups in total. The Morgan fingerprint density at radius 1 is 1.10 bits per heavy atom. The van der Waals surface area contributed by atoms with Crippen molar-refractivity contribution in [3.8, 4) is 0 Å². The zero-order valence-corrected chi connectivity index (χ0v) is 13.8. The van der Waals surface area contributed by atoms with Crippen LogP contribution in [0.5, 0.6) is 0 Å². The third kappa shape index (κ3) is 6.90. The van der Waals surface area contributed by atoms with E-state index in [4.69, 9.17) is 4.98 Å². The second-order valence-corrected chi connectivity index (χ2v) is 6.42. The van der Waals surface area contributed by atoms with Gasteiger partial charge in [-0.3, -0.25) is 4.90 Å². The van der Waals surface area contributed by atoms with Gasteiger partial charge in [-0.05, 0) is 30.4 Å². The molecule has 3 heteroatoms. The van der Waals surface area contributed by atoms with Crippen molar-refractivity contribution in [1.82, 2.24) is 9.88 Å². The number of rotatable bonds is 9. The van der Waals surface area contributed by atoms with Crippen molar-refractivity contribution in [2.24, 2.45) is 11.8 Å². The Balaban J connectivity index is 2.66. The Labute approximate surface area is 124 Å². The Morgan fingerprint density at radius 2 is 1.75 bits per heavy atom. The van der Waals surface area contributed by atoms with E-state index in [1.807, 2.05) is 6.07 Å². The van der Waals surface area contributed by atoms with E-state index in [2.05, 4.69) is 57.0 Å². The molecule has 0 fully saturated rings. The standard InChI is InChI=1S/C17H31N3/c1-6-10-18-17-9-7-8-16(19-17)13-20(11-14(2)3)12-15(4)5/h7-9,14-15H,6,10-13H2,1-5H3,(H,18,19). The van der Waals surface area contributed by atoms with Crippen LogP contribution >= 0.6 is 0 Å². The molecule has 1 aromatic heterocycles. The van der Waals surface area contributed by atoms with Gasteiger partial charge in [0, 0.05) is 26.2 Å². The minimum atomic E-state index is 0.690. The molecule has 114 valence electrons. The summed E-state index contributed by atoms with van der Waals surface area (Å²) in [6.07, 6.45) is 1.12. The molecule has 0 bridgehead atoms. The molecule has 0 saturated heterocycles. The molecule has 1 heterocycles. The second kappa shape index (κ2) is 8.96. The molecule has 0 aliphatic carbocycles. The van der Waals surface area contributed by atoms with Crippen LogP contribution < -0.4 is 5.32 Å². The summed E-state index contributed by atoms with van der Waals surface area (Å²) in [7, 11) is 0. The zero-order valence-electron chi connectivity index (χ0n) is 13.8. The summed E-state index contributed by atoms with van der Waals surface area (Å²) >= 11 is 0. The summed E-state index contributed by atoms with van der Waals surface area (Å²) in [5.41, 5.74) is 1.16. The fourth-order valence-corrected chi connectivity index (χ4v) is 2.38. The normalized spacial score (nSPS) is 11.6. The van der Waals surface area contributed by atoms with Crippen LogP contribution in [-0.4, -0.2) is 29.5 Å². The van der Waals surface area contributed by atoms with Gasteiger partial charge in [0.1, 0.15) is 5.82 Å². The van der Waals surface area contributed by atoms with Crippen LogP contribution in [0.1, 0.15) is 46.7 Å². The van der Waals surface area contributed by atoms with Crippen molar-refractivity contribution < 1.29 is 0 Å². The first-order valence-electron chi connectivity index (χ1n) is 7.93. The Morgan fingerprint density at radius 3 is 2.30 bits per heavy atom. The molecular weight excluding hydrogens is 246 g/mol. The third-order valence-corrected chi connectivity index (χ3v) is 3.00. The van der Waals surface area contributed by atoms with Crippen molar-refractivity contribution in [3.63, 3.8) is 0 Å². The Hall–Kier alpha value is -1.09. The van der Waals surface area contributed by atoms with E-state index >= 15 is 0 Å².